The fourth-order valence-corrected chi connectivity index (χ4v) is 3.35. The minimum atomic E-state index is -0.444. The zero-order valence-electron chi connectivity index (χ0n) is 13.2. The molecular formula is C15H24Cl2N4O2. The standard InChI is InChI=1S/C15H22N4O2.2ClH/c1-21-15(20)13-4-5-14(18-17-13)19-9-6-11(7-10-19)12-3-2-8-16-12;;/h4-5,11-12,16H,2-3,6-10H2,1H3;2*1H. The lowest BCUT2D eigenvalue weighted by atomic mass is 9.88. The van der Waals surface area contributed by atoms with E-state index in [9.17, 15) is 4.79 Å². The third kappa shape index (κ3) is 4.68. The molecule has 0 amide bonds. The Kier molecular flexibility index (Phi) is 8.02. The molecule has 23 heavy (non-hydrogen) atoms. The number of carbonyl (C=O) groups excluding carboxylic acids is 1. The molecule has 0 saturated carbocycles. The van der Waals surface area contributed by atoms with Crippen LogP contribution in [0.4, 0.5) is 5.82 Å². The van der Waals surface area contributed by atoms with Gasteiger partial charge in [-0.05, 0) is 50.3 Å². The van der Waals surface area contributed by atoms with Gasteiger partial charge in [-0.25, -0.2) is 4.79 Å². The molecule has 3 rings (SSSR count). The van der Waals surface area contributed by atoms with E-state index in [2.05, 4.69) is 25.2 Å². The van der Waals surface area contributed by atoms with Crippen LogP contribution in [0.15, 0.2) is 12.1 Å². The molecule has 3 heterocycles. The predicted molar refractivity (Wildman–Crippen MR) is 93.8 cm³/mol. The SMILES string of the molecule is COC(=O)c1ccc(N2CCC(C3CCCN3)CC2)nn1.Cl.Cl. The molecule has 1 aromatic rings. The van der Waals surface area contributed by atoms with Crippen molar-refractivity contribution in [2.45, 2.75) is 31.7 Å². The molecule has 1 N–H and O–H groups in total. The van der Waals surface area contributed by atoms with E-state index in [-0.39, 0.29) is 30.5 Å². The van der Waals surface area contributed by atoms with Crippen LogP contribution in [0.1, 0.15) is 36.2 Å². The largest absolute Gasteiger partial charge is 0.464 e. The number of methoxy groups -OCH3 is 1. The van der Waals surface area contributed by atoms with Crippen LogP contribution in [0.5, 0.6) is 0 Å². The van der Waals surface area contributed by atoms with Crippen molar-refractivity contribution in [1.29, 1.82) is 0 Å². The van der Waals surface area contributed by atoms with Crippen LogP contribution < -0.4 is 10.2 Å². The molecule has 0 spiro atoms. The molecule has 8 heteroatoms. The van der Waals surface area contributed by atoms with Crippen molar-refractivity contribution in [3.05, 3.63) is 17.8 Å². The number of hydrogen-bond donors (Lipinski definition) is 1. The van der Waals surface area contributed by atoms with Gasteiger partial charge < -0.3 is 15.0 Å². The zero-order chi connectivity index (χ0) is 14.7. The second-order valence-corrected chi connectivity index (χ2v) is 5.80. The molecule has 2 aliphatic heterocycles. The van der Waals surface area contributed by atoms with Crippen molar-refractivity contribution < 1.29 is 9.53 Å². The van der Waals surface area contributed by atoms with Crippen molar-refractivity contribution in [3.8, 4) is 0 Å². The third-order valence-electron chi connectivity index (χ3n) is 4.58. The summed E-state index contributed by atoms with van der Waals surface area (Å²) in [7, 11) is 1.35. The highest BCUT2D eigenvalue weighted by Gasteiger charge is 2.28. The second-order valence-electron chi connectivity index (χ2n) is 5.80. The first-order valence-electron chi connectivity index (χ1n) is 7.68. The van der Waals surface area contributed by atoms with Gasteiger partial charge in [0.05, 0.1) is 7.11 Å². The lowest BCUT2D eigenvalue weighted by Crippen LogP contribution is -2.41. The average molecular weight is 363 g/mol. The Morgan fingerprint density at radius 3 is 2.48 bits per heavy atom. The summed E-state index contributed by atoms with van der Waals surface area (Å²) < 4.78 is 4.63. The summed E-state index contributed by atoms with van der Waals surface area (Å²) in [4.78, 5) is 13.6. The van der Waals surface area contributed by atoms with Crippen LogP contribution >= 0.6 is 24.8 Å². The minimum absolute atomic E-state index is 0. The maximum atomic E-state index is 11.3. The second kappa shape index (κ2) is 9.25. The normalized spacial score (nSPS) is 21.3. The Morgan fingerprint density at radius 2 is 1.96 bits per heavy atom. The molecule has 2 saturated heterocycles. The number of hydrogen-bond acceptors (Lipinski definition) is 6. The molecule has 0 aliphatic carbocycles. The minimum Gasteiger partial charge on any atom is -0.464 e. The van der Waals surface area contributed by atoms with Crippen molar-refractivity contribution in [1.82, 2.24) is 15.5 Å². The average Bonchev–Trinajstić information content (AvgIpc) is 3.09. The highest BCUT2D eigenvalue weighted by molar-refractivity contribution is 5.87. The van der Waals surface area contributed by atoms with Gasteiger partial charge in [0, 0.05) is 19.1 Å². The first-order chi connectivity index (χ1) is 10.3. The Morgan fingerprint density at radius 1 is 1.22 bits per heavy atom. The molecule has 1 aromatic heterocycles. The third-order valence-corrected chi connectivity index (χ3v) is 4.58. The summed E-state index contributed by atoms with van der Waals surface area (Å²) in [6.45, 7) is 3.19. The van der Waals surface area contributed by atoms with Crippen LogP contribution in [0.3, 0.4) is 0 Å². The van der Waals surface area contributed by atoms with E-state index >= 15 is 0 Å². The molecule has 6 nitrogen and oxygen atoms in total. The van der Waals surface area contributed by atoms with Crippen LogP contribution in [0, 0.1) is 5.92 Å². The Balaban J connectivity index is 0.00000132. The number of piperidine rings is 1. The molecule has 1 unspecified atom stereocenters. The number of esters is 1. The summed E-state index contributed by atoms with van der Waals surface area (Å²) in [5, 5.41) is 11.7. The van der Waals surface area contributed by atoms with E-state index in [1.165, 1.54) is 39.3 Å². The first-order valence-corrected chi connectivity index (χ1v) is 7.68. The van der Waals surface area contributed by atoms with Gasteiger partial charge in [-0.2, -0.15) is 0 Å². The van der Waals surface area contributed by atoms with E-state index in [1.54, 1.807) is 6.07 Å². The molecule has 0 aromatic carbocycles. The van der Waals surface area contributed by atoms with Crippen molar-refractivity contribution >= 4 is 36.6 Å². The van der Waals surface area contributed by atoms with E-state index in [0.29, 0.717) is 6.04 Å². The number of aromatic nitrogens is 2. The quantitative estimate of drug-likeness (QED) is 0.830. The van der Waals surface area contributed by atoms with E-state index in [0.717, 1.165) is 24.8 Å². The van der Waals surface area contributed by atoms with Gasteiger partial charge in [-0.3, -0.25) is 0 Å². The Hall–Kier alpha value is -1.11. The summed E-state index contributed by atoms with van der Waals surface area (Å²) in [5.41, 5.74) is 0.256. The van der Waals surface area contributed by atoms with Crippen LogP contribution in [-0.2, 0) is 4.74 Å². The molecule has 130 valence electrons. The van der Waals surface area contributed by atoms with Gasteiger partial charge in [-0.1, -0.05) is 0 Å². The van der Waals surface area contributed by atoms with Gasteiger partial charge in [0.2, 0.25) is 0 Å². The van der Waals surface area contributed by atoms with E-state index in [1.807, 2.05) is 6.07 Å². The number of nitrogens with zero attached hydrogens (tertiary/aromatic N) is 3. The zero-order valence-corrected chi connectivity index (χ0v) is 14.9. The summed E-state index contributed by atoms with van der Waals surface area (Å²) in [6.07, 6.45) is 5.01. The number of halogens is 2. The Labute approximate surface area is 149 Å². The summed E-state index contributed by atoms with van der Waals surface area (Å²) >= 11 is 0. The van der Waals surface area contributed by atoms with Crippen LogP contribution in [-0.4, -0.2) is 49.0 Å². The molecule has 2 fully saturated rings. The van der Waals surface area contributed by atoms with Gasteiger partial charge in [-0.15, -0.1) is 35.0 Å². The van der Waals surface area contributed by atoms with Crippen molar-refractivity contribution in [3.63, 3.8) is 0 Å². The van der Waals surface area contributed by atoms with Crippen LogP contribution in [0.2, 0.25) is 0 Å². The number of carbonyl (C=O) groups is 1. The molecular weight excluding hydrogens is 339 g/mol. The smallest absolute Gasteiger partial charge is 0.358 e. The molecule has 0 radical (unpaired) electrons. The maximum Gasteiger partial charge on any atom is 0.358 e. The summed E-state index contributed by atoms with van der Waals surface area (Å²) in [6, 6.07) is 4.24. The van der Waals surface area contributed by atoms with Crippen molar-refractivity contribution in [2.75, 3.05) is 31.6 Å². The number of nitrogens with one attached hydrogen (secondary N) is 1. The highest BCUT2D eigenvalue weighted by atomic mass is 35.5. The lowest BCUT2D eigenvalue weighted by molar-refractivity contribution is 0.0592. The number of ether oxygens (including phenoxy) is 1. The lowest BCUT2D eigenvalue weighted by Gasteiger charge is -2.35. The monoisotopic (exact) mass is 362 g/mol. The van der Waals surface area contributed by atoms with Gasteiger partial charge in [0.1, 0.15) is 0 Å². The highest BCUT2D eigenvalue weighted by Crippen LogP contribution is 2.27. The molecule has 0 bridgehead atoms. The van der Waals surface area contributed by atoms with E-state index < -0.39 is 5.97 Å². The van der Waals surface area contributed by atoms with Gasteiger partial charge >= 0.3 is 5.97 Å². The van der Waals surface area contributed by atoms with E-state index in [4.69, 9.17) is 0 Å². The van der Waals surface area contributed by atoms with Gasteiger partial charge in [0.25, 0.3) is 0 Å². The number of anilines is 1. The van der Waals surface area contributed by atoms with Crippen molar-refractivity contribution in [2.24, 2.45) is 5.92 Å². The predicted octanol–water partition coefficient (Wildman–Crippen LogP) is 2.08. The topological polar surface area (TPSA) is 67.3 Å². The van der Waals surface area contributed by atoms with Gasteiger partial charge in [0.15, 0.2) is 11.5 Å². The van der Waals surface area contributed by atoms with Crippen LogP contribution in [0.25, 0.3) is 0 Å². The Bertz CT molecular complexity index is 487. The molecule has 2 aliphatic rings. The summed E-state index contributed by atoms with van der Waals surface area (Å²) in [5.74, 6) is 1.19. The number of rotatable bonds is 3. The fourth-order valence-electron chi connectivity index (χ4n) is 3.35. The fraction of sp³-hybridized carbons (Fsp3) is 0.667. The first kappa shape index (κ1) is 19.9. The molecule has 1 atom stereocenters. The maximum absolute atomic E-state index is 11.3.